The molecule has 1 atom stereocenters. The lowest BCUT2D eigenvalue weighted by Gasteiger charge is -2.32. The van der Waals surface area contributed by atoms with Crippen molar-refractivity contribution in [3.8, 4) is 0 Å². The molecule has 0 aromatic carbocycles. The molecule has 0 aliphatic carbocycles. The molecule has 0 radical (unpaired) electrons. The third-order valence-corrected chi connectivity index (χ3v) is 3.25. The maximum absolute atomic E-state index is 10.7. The molecule has 1 aliphatic heterocycles. The van der Waals surface area contributed by atoms with E-state index in [1.54, 1.807) is 0 Å². The van der Waals surface area contributed by atoms with Crippen LogP contribution in [0.15, 0.2) is 6.20 Å². The summed E-state index contributed by atoms with van der Waals surface area (Å²) in [4.78, 5) is 12.5. The van der Waals surface area contributed by atoms with Crippen LogP contribution in [-0.4, -0.2) is 46.2 Å². The molecule has 1 aromatic rings. The number of nitrogens with zero attached hydrogens (tertiary/aromatic N) is 3. The number of likely N-dealkylation sites (N-methyl/N-ethyl adjacent to an activating group) is 1. The zero-order valence-corrected chi connectivity index (χ0v) is 9.85. The van der Waals surface area contributed by atoms with Crippen LogP contribution in [0.4, 0.5) is 11.5 Å². The maximum Gasteiger partial charge on any atom is 0.366 e. The number of likely N-dealkylation sites (tertiary alicyclic amines) is 1. The van der Waals surface area contributed by atoms with Gasteiger partial charge < -0.3 is 20.3 Å². The average molecular weight is 239 g/mol. The number of hydrogen-bond donors (Lipinski definition) is 2. The smallest absolute Gasteiger partial charge is 0.366 e. The molecule has 1 aromatic heterocycles. The number of aromatic amines is 1. The summed E-state index contributed by atoms with van der Waals surface area (Å²) in [5.74, 6) is -0.0662. The third kappa shape index (κ3) is 2.73. The van der Waals surface area contributed by atoms with Gasteiger partial charge in [-0.1, -0.05) is 11.5 Å². The SMILES string of the molecule is CN1CCCCC1CNc1cn[nH]c1[N+](=O)[O-]. The first-order valence-electron chi connectivity index (χ1n) is 5.80. The van der Waals surface area contributed by atoms with Crippen molar-refractivity contribution in [2.24, 2.45) is 0 Å². The van der Waals surface area contributed by atoms with Gasteiger partial charge in [-0.25, -0.2) is 0 Å². The lowest BCUT2D eigenvalue weighted by Crippen LogP contribution is -2.40. The summed E-state index contributed by atoms with van der Waals surface area (Å²) in [7, 11) is 2.09. The van der Waals surface area contributed by atoms with Crippen LogP contribution in [0.2, 0.25) is 0 Å². The van der Waals surface area contributed by atoms with Gasteiger partial charge in [-0.2, -0.15) is 0 Å². The minimum atomic E-state index is -0.458. The number of nitrogens with one attached hydrogen (secondary N) is 2. The molecule has 1 aliphatic rings. The second-order valence-electron chi connectivity index (χ2n) is 4.40. The monoisotopic (exact) mass is 239 g/mol. The quantitative estimate of drug-likeness (QED) is 0.609. The lowest BCUT2D eigenvalue weighted by atomic mass is 10.0. The van der Waals surface area contributed by atoms with Gasteiger partial charge in [0.15, 0.2) is 5.69 Å². The standard InChI is InChI=1S/C10H17N5O2/c1-14-5-3-2-4-8(14)6-11-9-7-12-13-10(9)15(16)17/h7-8,11H,2-6H2,1H3,(H,12,13). The van der Waals surface area contributed by atoms with E-state index < -0.39 is 4.92 Å². The molecule has 0 saturated carbocycles. The zero-order valence-electron chi connectivity index (χ0n) is 9.85. The van der Waals surface area contributed by atoms with Gasteiger partial charge in [0, 0.05) is 12.6 Å². The number of H-pyrrole nitrogens is 1. The van der Waals surface area contributed by atoms with Crippen molar-refractivity contribution >= 4 is 11.5 Å². The summed E-state index contributed by atoms with van der Waals surface area (Å²) >= 11 is 0. The fraction of sp³-hybridized carbons (Fsp3) is 0.700. The van der Waals surface area contributed by atoms with Gasteiger partial charge >= 0.3 is 5.82 Å². The molecular weight excluding hydrogens is 222 g/mol. The Morgan fingerprint density at radius 1 is 1.71 bits per heavy atom. The topological polar surface area (TPSA) is 87.1 Å². The van der Waals surface area contributed by atoms with Gasteiger partial charge in [0.25, 0.3) is 0 Å². The Morgan fingerprint density at radius 3 is 3.24 bits per heavy atom. The van der Waals surface area contributed by atoms with Gasteiger partial charge in [0.1, 0.15) is 6.20 Å². The molecule has 1 saturated heterocycles. The van der Waals surface area contributed by atoms with E-state index in [1.165, 1.54) is 19.0 Å². The zero-order chi connectivity index (χ0) is 12.3. The Balaban J connectivity index is 1.92. The first-order chi connectivity index (χ1) is 8.18. The number of anilines is 1. The number of piperidine rings is 1. The van der Waals surface area contributed by atoms with Crippen molar-refractivity contribution in [1.29, 1.82) is 0 Å². The van der Waals surface area contributed by atoms with Gasteiger partial charge in [-0.05, 0) is 31.4 Å². The molecule has 1 fully saturated rings. The van der Waals surface area contributed by atoms with Crippen LogP contribution < -0.4 is 5.32 Å². The van der Waals surface area contributed by atoms with Gasteiger partial charge in [-0.15, -0.1) is 5.10 Å². The van der Waals surface area contributed by atoms with E-state index in [1.807, 2.05) is 0 Å². The molecular formula is C10H17N5O2. The molecule has 2 rings (SSSR count). The van der Waals surface area contributed by atoms with Crippen LogP contribution in [0.3, 0.4) is 0 Å². The van der Waals surface area contributed by atoms with Crippen molar-refractivity contribution in [2.75, 3.05) is 25.5 Å². The highest BCUT2D eigenvalue weighted by molar-refractivity contribution is 5.55. The molecule has 0 spiro atoms. The molecule has 1 unspecified atom stereocenters. The van der Waals surface area contributed by atoms with Gasteiger partial charge in [0.2, 0.25) is 0 Å². The normalized spacial score (nSPS) is 21.4. The van der Waals surface area contributed by atoms with E-state index in [0.717, 1.165) is 19.5 Å². The highest BCUT2D eigenvalue weighted by Gasteiger charge is 2.20. The summed E-state index contributed by atoms with van der Waals surface area (Å²) in [5.41, 5.74) is 0.467. The van der Waals surface area contributed by atoms with Crippen LogP contribution in [0, 0.1) is 10.1 Å². The first kappa shape index (κ1) is 11.8. The number of nitro groups is 1. The second kappa shape index (κ2) is 5.13. The van der Waals surface area contributed by atoms with Crippen molar-refractivity contribution in [3.05, 3.63) is 16.3 Å². The van der Waals surface area contributed by atoms with E-state index in [2.05, 4.69) is 27.5 Å². The predicted octanol–water partition coefficient (Wildman–Crippen LogP) is 1.21. The Hall–Kier alpha value is -1.63. The van der Waals surface area contributed by atoms with E-state index in [4.69, 9.17) is 0 Å². The number of aromatic nitrogens is 2. The van der Waals surface area contributed by atoms with Crippen LogP contribution >= 0.6 is 0 Å². The Labute approximate surface area is 99.3 Å². The third-order valence-electron chi connectivity index (χ3n) is 3.25. The fourth-order valence-electron chi connectivity index (χ4n) is 2.18. The summed E-state index contributed by atoms with van der Waals surface area (Å²) in [6, 6.07) is 0.443. The van der Waals surface area contributed by atoms with Crippen molar-refractivity contribution < 1.29 is 4.92 Å². The second-order valence-corrected chi connectivity index (χ2v) is 4.40. The Kier molecular flexibility index (Phi) is 3.58. The Bertz CT molecular complexity index is 392. The molecule has 2 heterocycles. The molecule has 0 amide bonds. The summed E-state index contributed by atoms with van der Waals surface area (Å²) < 4.78 is 0. The largest absolute Gasteiger partial charge is 0.375 e. The van der Waals surface area contributed by atoms with Crippen LogP contribution in [0.5, 0.6) is 0 Å². The Morgan fingerprint density at radius 2 is 2.53 bits per heavy atom. The van der Waals surface area contributed by atoms with Crippen LogP contribution in [-0.2, 0) is 0 Å². The van der Waals surface area contributed by atoms with E-state index in [9.17, 15) is 10.1 Å². The highest BCUT2D eigenvalue weighted by Crippen LogP contribution is 2.21. The molecule has 2 N–H and O–H groups in total. The predicted molar refractivity (Wildman–Crippen MR) is 64.0 cm³/mol. The summed E-state index contributed by atoms with van der Waals surface area (Å²) in [6.07, 6.45) is 5.05. The molecule has 17 heavy (non-hydrogen) atoms. The minimum Gasteiger partial charge on any atom is -0.375 e. The minimum absolute atomic E-state index is 0.0662. The van der Waals surface area contributed by atoms with Crippen LogP contribution in [0.1, 0.15) is 19.3 Å². The van der Waals surface area contributed by atoms with E-state index >= 15 is 0 Å². The summed E-state index contributed by atoms with van der Waals surface area (Å²) in [5, 5.41) is 19.8. The molecule has 94 valence electrons. The lowest BCUT2D eigenvalue weighted by molar-refractivity contribution is -0.388. The number of rotatable bonds is 4. The van der Waals surface area contributed by atoms with Crippen molar-refractivity contribution in [1.82, 2.24) is 15.1 Å². The van der Waals surface area contributed by atoms with Gasteiger partial charge in [-0.3, -0.25) is 0 Å². The fourth-order valence-corrected chi connectivity index (χ4v) is 2.18. The molecule has 7 heteroatoms. The maximum atomic E-state index is 10.7. The summed E-state index contributed by atoms with van der Waals surface area (Å²) in [6.45, 7) is 1.82. The average Bonchev–Trinajstić information content (AvgIpc) is 2.76. The molecule has 0 bridgehead atoms. The first-order valence-corrected chi connectivity index (χ1v) is 5.80. The highest BCUT2D eigenvalue weighted by atomic mass is 16.6. The van der Waals surface area contributed by atoms with Crippen LogP contribution in [0.25, 0.3) is 0 Å². The van der Waals surface area contributed by atoms with Gasteiger partial charge in [0.05, 0.1) is 0 Å². The number of hydrogen-bond acceptors (Lipinski definition) is 5. The van der Waals surface area contributed by atoms with Crippen molar-refractivity contribution in [2.45, 2.75) is 25.3 Å². The van der Waals surface area contributed by atoms with E-state index in [-0.39, 0.29) is 5.82 Å². The van der Waals surface area contributed by atoms with E-state index in [0.29, 0.717) is 11.7 Å². The molecule has 7 nitrogen and oxygen atoms in total. The van der Waals surface area contributed by atoms with Crippen molar-refractivity contribution in [3.63, 3.8) is 0 Å².